The first-order valence-corrected chi connectivity index (χ1v) is 11.0. The number of anilines is 1. The number of nitrogens with one attached hydrogen (secondary N) is 1. The second-order valence-corrected chi connectivity index (χ2v) is 8.82. The molecule has 3 aromatic carbocycles. The number of carbonyl (C=O) groups is 1. The average molecular weight is 515 g/mol. The van der Waals surface area contributed by atoms with Gasteiger partial charge >= 0.3 is 0 Å². The molecule has 1 amide bonds. The van der Waals surface area contributed by atoms with E-state index < -0.39 is 4.92 Å². The van der Waals surface area contributed by atoms with Gasteiger partial charge in [-0.1, -0.05) is 45.7 Å². The van der Waals surface area contributed by atoms with Gasteiger partial charge in [-0.05, 0) is 48.0 Å². The summed E-state index contributed by atoms with van der Waals surface area (Å²) in [7, 11) is 0. The summed E-state index contributed by atoms with van der Waals surface area (Å²) in [6.07, 6.45) is 2.81. The molecule has 0 bridgehead atoms. The second kappa shape index (κ2) is 8.97. The van der Waals surface area contributed by atoms with Crippen LogP contribution in [-0.4, -0.2) is 15.8 Å². The summed E-state index contributed by atoms with van der Waals surface area (Å²) in [5.41, 5.74) is 2.58. The van der Waals surface area contributed by atoms with E-state index in [0.29, 0.717) is 11.3 Å². The molecule has 4 aromatic rings. The molecule has 4 rings (SSSR count). The topological polar surface area (TPSA) is 85.1 Å². The molecule has 0 unspecified atom stereocenters. The third-order valence-electron chi connectivity index (χ3n) is 4.36. The fraction of sp³-hybridized carbons (Fsp3) is 0. The number of rotatable bonds is 5. The molecule has 0 aliphatic heterocycles. The fourth-order valence-electron chi connectivity index (χ4n) is 2.91. The van der Waals surface area contributed by atoms with Crippen LogP contribution in [0.3, 0.4) is 0 Å². The minimum Gasteiger partial charge on any atom is -0.322 e. The fourth-order valence-corrected chi connectivity index (χ4v) is 4.45. The van der Waals surface area contributed by atoms with E-state index in [2.05, 4.69) is 26.2 Å². The second-order valence-electron chi connectivity index (χ2n) is 6.47. The molecule has 0 fully saturated rings. The average Bonchev–Trinajstić information content (AvgIpc) is 3.18. The Kier molecular flexibility index (Phi) is 6.13. The molecule has 1 aromatic heterocycles. The van der Waals surface area contributed by atoms with Crippen LogP contribution < -0.4 is 5.32 Å². The van der Waals surface area contributed by atoms with E-state index in [-0.39, 0.29) is 16.6 Å². The highest BCUT2D eigenvalue weighted by Gasteiger charge is 2.14. The number of amides is 1. The van der Waals surface area contributed by atoms with Gasteiger partial charge in [0.25, 0.3) is 5.69 Å². The highest BCUT2D eigenvalue weighted by molar-refractivity contribution is 9.10. The largest absolute Gasteiger partial charge is 0.322 e. The van der Waals surface area contributed by atoms with Crippen molar-refractivity contribution in [2.24, 2.45) is 0 Å². The van der Waals surface area contributed by atoms with Gasteiger partial charge in [0.05, 0.1) is 20.8 Å². The molecule has 0 radical (unpaired) electrons. The smallest absolute Gasteiger partial charge is 0.288 e. The number of aromatic nitrogens is 1. The van der Waals surface area contributed by atoms with Gasteiger partial charge < -0.3 is 5.32 Å². The van der Waals surface area contributed by atoms with Gasteiger partial charge in [0, 0.05) is 22.2 Å². The van der Waals surface area contributed by atoms with Crippen LogP contribution in [0.15, 0.2) is 71.2 Å². The Hall–Kier alpha value is -3.07. The van der Waals surface area contributed by atoms with Crippen LogP contribution in [0.25, 0.3) is 26.9 Å². The van der Waals surface area contributed by atoms with E-state index in [1.54, 1.807) is 12.1 Å². The van der Waals surface area contributed by atoms with Crippen molar-refractivity contribution in [1.29, 1.82) is 0 Å². The molecule has 0 aliphatic carbocycles. The maximum atomic E-state index is 12.5. The zero-order valence-corrected chi connectivity index (χ0v) is 18.9. The molecule has 9 heteroatoms. The van der Waals surface area contributed by atoms with Gasteiger partial charge in [0.1, 0.15) is 10.0 Å². The predicted octanol–water partition coefficient (Wildman–Crippen LogP) is 6.94. The summed E-state index contributed by atoms with van der Waals surface area (Å²) in [6, 6.07) is 17.7. The van der Waals surface area contributed by atoms with Crippen molar-refractivity contribution in [3.8, 4) is 10.6 Å². The van der Waals surface area contributed by atoms with Crippen molar-refractivity contribution >= 4 is 72.4 Å². The number of thiazole rings is 1. The van der Waals surface area contributed by atoms with Crippen LogP contribution in [0.1, 0.15) is 5.56 Å². The van der Waals surface area contributed by atoms with Crippen LogP contribution in [0, 0.1) is 10.1 Å². The van der Waals surface area contributed by atoms with E-state index in [4.69, 9.17) is 11.6 Å². The number of fused-ring (bicyclic) bond motifs is 1. The highest BCUT2D eigenvalue weighted by Crippen LogP contribution is 2.36. The molecular weight excluding hydrogens is 502 g/mol. The summed E-state index contributed by atoms with van der Waals surface area (Å²) < 4.78 is 1.92. The van der Waals surface area contributed by atoms with Gasteiger partial charge in [-0.2, -0.15) is 0 Å². The number of hydrogen-bond donors (Lipinski definition) is 1. The molecule has 1 N–H and O–H groups in total. The SMILES string of the molecule is O=C(C=Cc1ccc(Cl)c([N+](=O)[O-])c1)Nc1ccc(Br)cc1-c1nc2ccccc2s1. The summed E-state index contributed by atoms with van der Waals surface area (Å²) in [4.78, 5) is 27.7. The number of carbonyl (C=O) groups excluding carboxylic acids is 1. The van der Waals surface area contributed by atoms with Crippen LogP contribution >= 0.6 is 38.9 Å². The molecule has 1 heterocycles. The lowest BCUT2D eigenvalue weighted by Crippen LogP contribution is -2.08. The van der Waals surface area contributed by atoms with Crippen LogP contribution in [0.4, 0.5) is 11.4 Å². The minimum absolute atomic E-state index is 0.0435. The maximum Gasteiger partial charge on any atom is 0.288 e. The molecule has 6 nitrogen and oxygen atoms in total. The molecule has 0 aliphatic rings. The van der Waals surface area contributed by atoms with Gasteiger partial charge in [-0.15, -0.1) is 11.3 Å². The van der Waals surface area contributed by atoms with Crippen molar-refractivity contribution in [3.05, 3.63) is 91.9 Å². The minimum atomic E-state index is -0.564. The third kappa shape index (κ3) is 4.82. The Labute approximate surface area is 194 Å². The molecule has 0 saturated heterocycles. The number of halogens is 2. The zero-order valence-electron chi connectivity index (χ0n) is 15.7. The maximum absolute atomic E-state index is 12.5. The number of para-hydroxylation sites is 1. The van der Waals surface area contributed by atoms with Crippen LogP contribution in [0.5, 0.6) is 0 Å². The highest BCUT2D eigenvalue weighted by atomic mass is 79.9. The number of nitro benzene ring substituents is 1. The molecule has 31 heavy (non-hydrogen) atoms. The van der Waals surface area contributed by atoms with Crippen molar-refractivity contribution in [3.63, 3.8) is 0 Å². The molecule has 0 saturated carbocycles. The van der Waals surface area contributed by atoms with Gasteiger partial charge in [-0.3, -0.25) is 14.9 Å². The lowest BCUT2D eigenvalue weighted by molar-refractivity contribution is -0.384. The van der Waals surface area contributed by atoms with E-state index in [9.17, 15) is 14.9 Å². The molecule has 154 valence electrons. The summed E-state index contributed by atoms with van der Waals surface area (Å²) in [5, 5.41) is 14.7. The standard InChI is InChI=1S/C22H13BrClN3O3S/c23-14-7-9-17(15(12-14)22-26-18-3-1-2-4-20(18)31-22)25-21(28)10-6-13-5-8-16(24)19(11-13)27(29)30/h1-12H,(H,25,28). The summed E-state index contributed by atoms with van der Waals surface area (Å²) >= 11 is 10.8. The Morgan fingerprint density at radius 3 is 2.74 bits per heavy atom. The molecular formula is C22H13BrClN3O3S. The van der Waals surface area contributed by atoms with E-state index in [1.807, 2.05) is 36.4 Å². The zero-order chi connectivity index (χ0) is 22.0. The van der Waals surface area contributed by atoms with Gasteiger partial charge in [0.15, 0.2) is 0 Å². The predicted molar refractivity (Wildman–Crippen MR) is 129 cm³/mol. The van der Waals surface area contributed by atoms with Crippen LogP contribution in [0.2, 0.25) is 5.02 Å². The third-order valence-corrected chi connectivity index (χ3v) is 6.24. The van der Waals surface area contributed by atoms with E-state index in [1.165, 1.54) is 35.6 Å². The lowest BCUT2D eigenvalue weighted by Gasteiger charge is -2.08. The van der Waals surface area contributed by atoms with Crippen molar-refractivity contribution < 1.29 is 9.72 Å². The first-order valence-electron chi connectivity index (χ1n) is 8.99. The van der Waals surface area contributed by atoms with E-state index >= 15 is 0 Å². The number of nitrogens with zero attached hydrogens (tertiary/aromatic N) is 2. The van der Waals surface area contributed by atoms with Gasteiger partial charge in [-0.25, -0.2) is 4.98 Å². The van der Waals surface area contributed by atoms with Crippen molar-refractivity contribution in [1.82, 2.24) is 4.98 Å². The molecule has 0 spiro atoms. The summed E-state index contributed by atoms with van der Waals surface area (Å²) in [5.74, 6) is -0.373. The van der Waals surface area contributed by atoms with Crippen LogP contribution in [-0.2, 0) is 4.79 Å². The molecule has 0 atom stereocenters. The number of benzene rings is 3. The number of nitro groups is 1. The Morgan fingerprint density at radius 1 is 1.16 bits per heavy atom. The Bertz CT molecular complexity index is 1320. The van der Waals surface area contributed by atoms with Crippen molar-refractivity contribution in [2.45, 2.75) is 0 Å². The first kappa shape index (κ1) is 21.2. The van der Waals surface area contributed by atoms with E-state index in [0.717, 1.165) is 25.3 Å². The first-order chi connectivity index (χ1) is 14.9. The van der Waals surface area contributed by atoms with Gasteiger partial charge in [0.2, 0.25) is 5.91 Å². The monoisotopic (exact) mass is 513 g/mol. The lowest BCUT2D eigenvalue weighted by atomic mass is 10.1. The normalized spacial score (nSPS) is 11.2. The Morgan fingerprint density at radius 2 is 1.97 bits per heavy atom. The Balaban J connectivity index is 1.60. The van der Waals surface area contributed by atoms with Crippen molar-refractivity contribution in [2.75, 3.05) is 5.32 Å². The quantitative estimate of drug-likeness (QED) is 0.178. The number of hydrogen-bond acceptors (Lipinski definition) is 5. The summed E-state index contributed by atoms with van der Waals surface area (Å²) in [6.45, 7) is 0.